The lowest BCUT2D eigenvalue weighted by molar-refractivity contribution is 0.208. The van der Waals surface area contributed by atoms with Crippen molar-refractivity contribution in [1.82, 2.24) is 0 Å². The second kappa shape index (κ2) is 9.40. The number of hydrogen-bond acceptors (Lipinski definition) is 2. The summed E-state index contributed by atoms with van der Waals surface area (Å²) < 4.78 is 73.6. The van der Waals surface area contributed by atoms with Crippen molar-refractivity contribution in [2.45, 2.75) is 46.8 Å². The molecule has 0 saturated heterocycles. The van der Waals surface area contributed by atoms with Crippen LogP contribution in [0.3, 0.4) is 0 Å². The zero-order chi connectivity index (χ0) is 20.0. The van der Waals surface area contributed by atoms with Crippen molar-refractivity contribution < 1.29 is 31.4 Å². The Labute approximate surface area is 149 Å². The highest BCUT2D eigenvalue weighted by molar-refractivity contribution is 5.30. The molecule has 0 fully saturated rings. The van der Waals surface area contributed by atoms with Gasteiger partial charge < -0.3 is 9.47 Å². The van der Waals surface area contributed by atoms with E-state index in [1.54, 1.807) is 0 Å². The highest BCUT2D eigenvalue weighted by Gasteiger charge is 2.27. The molecule has 0 radical (unpaired) electrons. The second-order valence-corrected chi connectivity index (χ2v) is 6.05. The van der Waals surface area contributed by atoms with Crippen LogP contribution in [0.25, 0.3) is 0 Å². The highest BCUT2D eigenvalue weighted by atomic mass is 19.2. The first-order valence-corrected chi connectivity index (χ1v) is 7.96. The summed E-state index contributed by atoms with van der Waals surface area (Å²) >= 11 is 0. The smallest absolute Gasteiger partial charge is 0.206 e. The molecule has 0 N–H and O–H groups in total. The molecule has 0 amide bonds. The third kappa shape index (κ3) is 5.89. The van der Waals surface area contributed by atoms with E-state index in [0.717, 1.165) is 5.75 Å². The molecule has 0 unspecified atom stereocenters. The number of aryl methyl sites for hydroxylation is 1. The summed E-state index contributed by atoms with van der Waals surface area (Å²) in [5.74, 6) is -10.4. The van der Waals surface area contributed by atoms with Crippen LogP contribution in [0.2, 0.25) is 0 Å². The molecule has 2 rings (SSSR count). The van der Waals surface area contributed by atoms with E-state index < -0.39 is 40.9 Å². The van der Waals surface area contributed by atoms with Crippen LogP contribution < -0.4 is 9.47 Å². The summed E-state index contributed by atoms with van der Waals surface area (Å²) in [6.07, 6.45) is -0.434. The Morgan fingerprint density at radius 1 is 0.615 bits per heavy atom. The maximum atomic E-state index is 12.9. The van der Waals surface area contributed by atoms with E-state index in [9.17, 15) is 22.0 Å². The van der Waals surface area contributed by atoms with Crippen LogP contribution >= 0.6 is 0 Å². The van der Waals surface area contributed by atoms with Crippen LogP contribution in [0.15, 0.2) is 24.3 Å². The third-order valence-corrected chi connectivity index (χ3v) is 2.92. The lowest BCUT2D eigenvalue weighted by Crippen LogP contribution is -2.12. The van der Waals surface area contributed by atoms with E-state index >= 15 is 0 Å². The largest absolute Gasteiger partial charge is 0.491 e. The molecule has 0 aliphatic carbocycles. The standard InChI is InChI=1S/C10H14O.C9H7F5O/c1-8(2)11-10-6-4-9(3)5-7-10;1-3(2)15-9-7(13)5(11)4(10)6(12)8(9)14/h4-8H,1-3H3;3H,1-2H3. The fraction of sp³-hybridized carbons (Fsp3) is 0.368. The summed E-state index contributed by atoms with van der Waals surface area (Å²) in [4.78, 5) is 0. The van der Waals surface area contributed by atoms with Crippen LogP contribution in [-0.4, -0.2) is 12.2 Å². The van der Waals surface area contributed by atoms with Crippen LogP contribution in [0.5, 0.6) is 11.5 Å². The average Bonchev–Trinajstić information content (AvgIpc) is 2.57. The molecule has 144 valence electrons. The van der Waals surface area contributed by atoms with Gasteiger partial charge in [0.1, 0.15) is 5.75 Å². The summed E-state index contributed by atoms with van der Waals surface area (Å²) in [6.45, 7) is 8.93. The summed E-state index contributed by atoms with van der Waals surface area (Å²) in [5, 5.41) is 0. The minimum atomic E-state index is -2.19. The number of benzene rings is 2. The maximum Gasteiger partial charge on any atom is 0.206 e. The lowest BCUT2D eigenvalue weighted by atomic mass is 10.2. The lowest BCUT2D eigenvalue weighted by Gasteiger charge is -2.12. The van der Waals surface area contributed by atoms with Gasteiger partial charge in [0.15, 0.2) is 5.75 Å². The molecule has 0 aliphatic rings. The molecule has 0 heterocycles. The van der Waals surface area contributed by atoms with Gasteiger partial charge in [-0.05, 0) is 46.8 Å². The Kier molecular flexibility index (Phi) is 7.86. The van der Waals surface area contributed by atoms with Gasteiger partial charge in [0.2, 0.25) is 29.1 Å². The number of ether oxygens (including phenoxy) is 2. The van der Waals surface area contributed by atoms with Crippen molar-refractivity contribution in [2.24, 2.45) is 0 Å². The molecule has 0 aliphatic heterocycles. The van der Waals surface area contributed by atoms with Crippen molar-refractivity contribution in [3.63, 3.8) is 0 Å². The Hall–Kier alpha value is -2.31. The van der Waals surface area contributed by atoms with E-state index in [-0.39, 0.29) is 6.10 Å². The van der Waals surface area contributed by atoms with Gasteiger partial charge in [-0.25, -0.2) is 13.2 Å². The predicted octanol–water partition coefficient (Wildman–Crippen LogP) is 5.95. The van der Waals surface area contributed by atoms with Gasteiger partial charge in [-0.1, -0.05) is 17.7 Å². The molecule has 7 heteroatoms. The second-order valence-electron chi connectivity index (χ2n) is 6.05. The Morgan fingerprint density at radius 2 is 1.00 bits per heavy atom. The maximum absolute atomic E-state index is 12.9. The third-order valence-electron chi connectivity index (χ3n) is 2.92. The molecule has 2 nitrogen and oxygen atoms in total. The van der Waals surface area contributed by atoms with E-state index in [0.29, 0.717) is 0 Å². The van der Waals surface area contributed by atoms with E-state index in [1.807, 2.05) is 26.0 Å². The monoisotopic (exact) mass is 376 g/mol. The van der Waals surface area contributed by atoms with Gasteiger partial charge in [-0.3, -0.25) is 0 Å². The topological polar surface area (TPSA) is 18.5 Å². The highest BCUT2D eigenvalue weighted by Crippen LogP contribution is 2.29. The summed E-state index contributed by atoms with van der Waals surface area (Å²) in [5.41, 5.74) is 1.26. The fourth-order valence-corrected chi connectivity index (χ4v) is 1.81. The Balaban J connectivity index is 0.000000273. The summed E-state index contributed by atoms with van der Waals surface area (Å²) in [7, 11) is 0. The van der Waals surface area contributed by atoms with Crippen LogP contribution in [0.4, 0.5) is 22.0 Å². The molecular formula is C19H21F5O2. The van der Waals surface area contributed by atoms with Crippen molar-refractivity contribution in [3.05, 3.63) is 58.9 Å². The molecule has 0 bridgehead atoms. The fourth-order valence-electron chi connectivity index (χ4n) is 1.81. The molecular weight excluding hydrogens is 355 g/mol. The molecule has 0 spiro atoms. The van der Waals surface area contributed by atoms with Crippen molar-refractivity contribution in [2.75, 3.05) is 0 Å². The first-order valence-electron chi connectivity index (χ1n) is 7.96. The van der Waals surface area contributed by atoms with E-state index in [2.05, 4.69) is 23.8 Å². The average molecular weight is 376 g/mol. The Bertz CT molecular complexity index is 699. The van der Waals surface area contributed by atoms with Crippen molar-refractivity contribution in [3.8, 4) is 11.5 Å². The minimum absolute atomic E-state index is 0.262. The quantitative estimate of drug-likeness (QED) is 0.373. The van der Waals surface area contributed by atoms with Gasteiger partial charge in [0, 0.05) is 0 Å². The SMILES string of the molecule is CC(C)Oc1c(F)c(F)c(F)c(F)c1F.Cc1ccc(OC(C)C)cc1. The van der Waals surface area contributed by atoms with E-state index in [4.69, 9.17) is 4.74 Å². The molecule has 26 heavy (non-hydrogen) atoms. The summed E-state index contributed by atoms with van der Waals surface area (Å²) in [6, 6.07) is 8.10. The van der Waals surface area contributed by atoms with Crippen LogP contribution in [0.1, 0.15) is 33.3 Å². The normalized spacial score (nSPS) is 10.6. The minimum Gasteiger partial charge on any atom is -0.491 e. The van der Waals surface area contributed by atoms with Crippen molar-refractivity contribution in [1.29, 1.82) is 0 Å². The Morgan fingerprint density at radius 3 is 1.38 bits per heavy atom. The molecule has 0 atom stereocenters. The zero-order valence-electron chi connectivity index (χ0n) is 15.2. The number of halogens is 5. The van der Waals surface area contributed by atoms with Gasteiger partial charge in [0.25, 0.3) is 0 Å². The zero-order valence-corrected chi connectivity index (χ0v) is 15.2. The van der Waals surface area contributed by atoms with Crippen molar-refractivity contribution >= 4 is 0 Å². The van der Waals surface area contributed by atoms with Crippen LogP contribution in [0, 0.1) is 36.0 Å². The number of hydrogen-bond donors (Lipinski definition) is 0. The van der Waals surface area contributed by atoms with E-state index in [1.165, 1.54) is 19.4 Å². The van der Waals surface area contributed by atoms with Gasteiger partial charge in [-0.2, -0.15) is 8.78 Å². The van der Waals surface area contributed by atoms with Gasteiger partial charge >= 0.3 is 0 Å². The number of rotatable bonds is 4. The van der Waals surface area contributed by atoms with Gasteiger partial charge in [0.05, 0.1) is 12.2 Å². The molecule has 0 aromatic heterocycles. The van der Waals surface area contributed by atoms with Gasteiger partial charge in [-0.15, -0.1) is 0 Å². The molecule has 0 saturated carbocycles. The predicted molar refractivity (Wildman–Crippen MR) is 88.9 cm³/mol. The molecule has 2 aromatic rings. The first-order chi connectivity index (χ1) is 12.0. The van der Waals surface area contributed by atoms with Crippen LogP contribution in [-0.2, 0) is 0 Å². The first kappa shape index (κ1) is 21.7. The molecule has 2 aromatic carbocycles.